The van der Waals surface area contributed by atoms with Crippen LogP contribution in [0.25, 0.3) is 0 Å². The van der Waals surface area contributed by atoms with Gasteiger partial charge in [0, 0.05) is 32.2 Å². The van der Waals surface area contributed by atoms with Gasteiger partial charge < -0.3 is 4.90 Å². The number of hydrogen-bond donors (Lipinski definition) is 0. The van der Waals surface area contributed by atoms with Crippen molar-refractivity contribution >= 4 is 27.5 Å². The van der Waals surface area contributed by atoms with E-state index in [1.54, 1.807) is 4.68 Å². The highest BCUT2D eigenvalue weighted by molar-refractivity contribution is 7.99. The molecule has 13 heteroatoms. The van der Waals surface area contributed by atoms with Gasteiger partial charge in [-0.05, 0) is 46.9 Å². The summed E-state index contributed by atoms with van der Waals surface area (Å²) in [4.78, 5) is 13.4. The summed E-state index contributed by atoms with van der Waals surface area (Å²) >= 11 is 1.02. The minimum Gasteiger partial charge on any atom is -0.304 e. The molecule has 1 fully saturated rings. The Kier molecular flexibility index (Phi) is 6.50. The maximum absolute atomic E-state index is 13.0. The van der Waals surface area contributed by atoms with Gasteiger partial charge in [0.2, 0.25) is 15.2 Å². The van der Waals surface area contributed by atoms with Gasteiger partial charge in [-0.15, -0.1) is 5.10 Å². The zero-order chi connectivity index (χ0) is 22.7. The van der Waals surface area contributed by atoms with E-state index in [0.717, 1.165) is 23.4 Å². The van der Waals surface area contributed by atoms with Crippen LogP contribution in [0, 0.1) is 10.1 Å². The molecule has 1 saturated heterocycles. The van der Waals surface area contributed by atoms with Crippen LogP contribution in [0.3, 0.4) is 0 Å². The van der Waals surface area contributed by atoms with Crippen molar-refractivity contribution in [3.63, 3.8) is 0 Å². The van der Waals surface area contributed by atoms with Crippen LogP contribution in [0.2, 0.25) is 0 Å². The van der Waals surface area contributed by atoms with Gasteiger partial charge >= 0.3 is 0 Å². The fourth-order valence-electron chi connectivity index (χ4n) is 3.29. The normalized spacial score (nSPS) is 15.7. The first-order chi connectivity index (χ1) is 15.3. The third-order valence-electron chi connectivity index (χ3n) is 5.10. The highest BCUT2D eigenvalue weighted by atomic mass is 32.2. The van der Waals surface area contributed by atoms with E-state index >= 15 is 0 Å². The standard InChI is InChI=1S/C19H21N7O4S2/c1-23-9-11-24(12-10-23)32(29,30)16-7-8-18(17(13-16)26(27)28)31-19-20-21-22-25(19)14-15-5-3-2-4-6-15/h2-8,13H,9-12,14H2,1H3. The summed E-state index contributed by atoms with van der Waals surface area (Å²) < 4.78 is 28.9. The molecule has 2 heterocycles. The predicted molar refractivity (Wildman–Crippen MR) is 117 cm³/mol. The summed E-state index contributed by atoms with van der Waals surface area (Å²) in [5, 5.41) is 23.7. The first kappa shape index (κ1) is 22.3. The molecule has 1 aliphatic rings. The molecular formula is C19H21N7O4S2. The highest BCUT2D eigenvalue weighted by Gasteiger charge is 2.30. The summed E-state index contributed by atoms with van der Waals surface area (Å²) in [6.07, 6.45) is 0. The lowest BCUT2D eigenvalue weighted by Gasteiger charge is -2.31. The molecule has 168 valence electrons. The van der Waals surface area contributed by atoms with Crippen molar-refractivity contribution in [2.45, 2.75) is 21.5 Å². The molecule has 0 bridgehead atoms. The van der Waals surface area contributed by atoms with Crippen molar-refractivity contribution < 1.29 is 13.3 Å². The Bertz CT molecular complexity index is 1210. The summed E-state index contributed by atoms with van der Waals surface area (Å²) in [6, 6.07) is 13.5. The van der Waals surface area contributed by atoms with Gasteiger partial charge in [-0.25, -0.2) is 13.1 Å². The summed E-state index contributed by atoms with van der Waals surface area (Å²) in [5.74, 6) is 0. The molecule has 0 radical (unpaired) electrons. The number of sulfonamides is 1. The van der Waals surface area contributed by atoms with E-state index in [1.165, 1.54) is 16.4 Å². The van der Waals surface area contributed by atoms with Gasteiger partial charge in [-0.2, -0.15) is 4.31 Å². The summed E-state index contributed by atoms with van der Waals surface area (Å²) in [7, 11) is -1.90. The number of rotatable bonds is 7. The molecule has 0 N–H and O–H groups in total. The van der Waals surface area contributed by atoms with Crippen molar-refractivity contribution in [1.29, 1.82) is 0 Å². The third kappa shape index (κ3) is 4.80. The zero-order valence-electron chi connectivity index (χ0n) is 17.2. The number of hydrogen-bond acceptors (Lipinski definition) is 9. The van der Waals surface area contributed by atoms with Gasteiger partial charge in [-0.1, -0.05) is 30.3 Å². The minimum absolute atomic E-state index is 0.0954. The van der Waals surface area contributed by atoms with E-state index in [9.17, 15) is 18.5 Å². The minimum atomic E-state index is -3.82. The number of likely N-dealkylation sites (N-methyl/N-ethyl adjacent to an activating group) is 1. The molecule has 0 unspecified atom stereocenters. The number of benzene rings is 2. The Morgan fingerprint density at radius 3 is 2.50 bits per heavy atom. The topological polar surface area (TPSA) is 127 Å². The van der Waals surface area contributed by atoms with Crippen molar-refractivity contribution in [3.05, 3.63) is 64.2 Å². The molecule has 3 aromatic rings. The number of nitro groups is 1. The molecule has 11 nitrogen and oxygen atoms in total. The van der Waals surface area contributed by atoms with Crippen LogP contribution in [-0.2, 0) is 16.6 Å². The molecule has 32 heavy (non-hydrogen) atoms. The molecule has 1 aromatic heterocycles. The molecule has 0 aliphatic carbocycles. The average Bonchev–Trinajstić information content (AvgIpc) is 3.21. The van der Waals surface area contributed by atoms with Gasteiger partial charge in [-0.3, -0.25) is 10.1 Å². The lowest BCUT2D eigenvalue weighted by atomic mass is 10.2. The third-order valence-corrected chi connectivity index (χ3v) is 8.04. The molecule has 2 aromatic carbocycles. The molecule has 0 atom stereocenters. The van der Waals surface area contributed by atoms with E-state index in [1.807, 2.05) is 42.3 Å². The number of nitro benzene ring substituents is 1. The number of piperazine rings is 1. The van der Waals surface area contributed by atoms with E-state index in [0.29, 0.717) is 37.9 Å². The molecular weight excluding hydrogens is 454 g/mol. The maximum Gasteiger partial charge on any atom is 0.284 e. The van der Waals surface area contributed by atoms with Gasteiger partial charge in [0.25, 0.3) is 5.69 Å². The Balaban J connectivity index is 1.60. The monoisotopic (exact) mass is 475 g/mol. The SMILES string of the molecule is CN1CCN(S(=O)(=O)c2ccc(Sc3nnnn3Cc3ccccc3)c([N+](=O)[O-])c2)CC1. The quantitative estimate of drug-likeness (QED) is 0.370. The fourth-order valence-corrected chi connectivity index (χ4v) is 5.58. The van der Waals surface area contributed by atoms with Gasteiger partial charge in [0.1, 0.15) is 0 Å². The number of tetrazole rings is 1. The lowest BCUT2D eigenvalue weighted by Crippen LogP contribution is -2.47. The maximum atomic E-state index is 13.0. The fraction of sp³-hybridized carbons (Fsp3) is 0.316. The smallest absolute Gasteiger partial charge is 0.284 e. The van der Waals surface area contributed by atoms with E-state index < -0.39 is 14.9 Å². The molecule has 1 aliphatic heterocycles. The van der Waals surface area contributed by atoms with Crippen molar-refractivity contribution in [3.8, 4) is 0 Å². The molecule has 4 rings (SSSR count). The highest BCUT2D eigenvalue weighted by Crippen LogP contribution is 2.35. The Hall–Kier alpha value is -2.87. The first-order valence-electron chi connectivity index (χ1n) is 9.79. The van der Waals surface area contributed by atoms with Crippen LogP contribution >= 0.6 is 11.8 Å². The lowest BCUT2D eigenvalue weighted by molar-refractivity contribution is -0.388. The van der Waals surface area contributed by atoms with Crippen LogP contribution in [-0.4, -0.2) is 76.0 Å². The van der Waals surface area contributed by atoms with Gasteiger partial charge in [0.15, 0.2) is 0 Å². The van der Waals surface area contributed by atoms with Crippen molar-refractivity contribution in [2.24, 2.45) is 0 Å². The second kappa shape index (κ2) is 9.32. The molecule has 0 saturated carbocycles. The van der Waals surface area contributed by atoms with Crippen molar-refractivity contribution in [1.82, 2.24) is 29.4 Å². The van der Waals surface area contributed by atoms with Crippen LogP contribution in [0.1, 0.15) is 5.56 Å². The summed E-state index contributed by atoms with van der Waals surface area (Å²) in [5.41, 5.74) is 0.671. The second-order valence-electron chi connectivity index (χ2n) is 7.30. The van der Waals surface area contributed by atoms with Crippen LogP contribution in [0.15, 0.2) is 63.5 Å². The van der Waals surface area contributed by atoms with E-state index in [4.69, 9.17) is 0 Å². The first-order valence-corrected chi connectivity index (χ1v) is 12.1. The van der Waals surface area contributed by atoms with E-state index in [2.05, 4.69) is 15.5 Å². The Morgan fingerprint density at radius 2 is 1.81 bits per heavy atom. The van der Waals surface area contributed by atoms with Crippen LogP contribution in [0.4, 0.5) is 5.69 Å². The second-order valence-corrected chi connectivity index (χ2v) is 10.2. The summed E-state index contributed by atoms with van der Waals surface area (Å²) in [6.45, 7) is 2.31. The predicted octanol–water partition coefficient (Wildman–Crippen LogP) is 1.72. The van der Waals surface area contributed by atoms with Crippen LogP contribution < -0.4 is 0 Å². The zero-order valence-corrected chi connectivity index (χ0v) is 18.9. The number of aromatic nitrogens is 4. The van der Waals surface area contributed by atoms with Crippen molar-refractivity contribution in [2.75, 3.05) is 33.2 Å². The van der Waals surface area contributed by atoms with Gasteiger partial charge in [0.05, 0.1) is 21.3 Å². The molecule has 0 spiro atoms. The largest absolute Gasteiger partial charge is 0.304 e. The number of nitrogens with zero attached hydrogens (tertiary/aromatic N) is 7. The molecule has 0 amide bonds. The Labute approximate surface area is 189 Å². The van der Waals surface area contributed by atoms with Crippen LogP contribution in [0.5, 0.6) is 0 Å². The average molecular weight is 476 g/mol. The Morgan fingerprint density at radius 1 is 1.09 bits per heavy atom. The van der Waals surface area contributed by atoms with E-state index in [-0.39, 0.29) is 15.5 Å².